The highest BCUT2D eigenvalue weighted by Gasteiger charge is 2.40. The van der Waals surface area contributed by atoms with E-state index in [4.69, 9.17) is 0 Å². The van der Waals surface area contributed by atoms with Gasteiger partial charge in [-0.25, -0.2) is 4.79 Å². The lowest BCUT2D eigenvalue weighted by molar-refractivity contribution is -0.144. The van der Waals surface area contributed by atoms with Crippen molar-refractivity contribution in [2.45, 2.75) is 87.4 Å². The van der Waals surface area contributed by atoms with Gasteiger partial charge in [0.25, 0.3) is 0 Å². The van der Waals surface area contributed by atoms with Crippen LogP contribution in [0.25, 0.3) is 0 Å². The number of hydrogen-bond acceptors (Lipinski definition) is 13. The molecule has 2 aliphatic rings. The van der Waals surface area contributed by atoms with Crippen molar-refractivity contribution in [3.8, 4) is 5.75 Å². The Morgan fingerprint density at radius 1 is 0.769 bits per heavy atom. The first-order chi connectivity index (χ1) is 24.7. The fourth-order valence-electron chi connectivity index (χ4n) is 5.79. The number of aliphatic carboxylic acids is 1. The summed E-state index contributed by atoms with van der Waals surface area (Å²) in [4.78, 5) is 91.2. The third-order valence-electron chi connectivity index (χ3n) is 8.70. The van der Waals surface area contributed by atoms with Crippen LogP contribution in [0.1, 0.15) is 38.2 Å². The average molecular weight is 738 g/mol. The van der Waals surface area contributed by atoms with Crippen LogP contribution in [0.5, 0.6) is 5.75 Å². The number of phenolic OH excluding ortho intramolecular Hbond substituents is 1. The van der Waals surface area contributed by atoms with Gasteiger partial charge in [-0.3, -0.25) is 28.8 Å². The molecule has 0 bridgehead atoms. The van der Waals surface area contributed by atoms with E-state index in [1.165, 1.54) is 31.2 Å². The molecule has 0 saturated carbocycles. The Bertz CT molecular complexity index is 1440. The number of amides is 6. The molecule has 12 N–H and O–H groups in total. The van der Waals surface area contributed by atoms with Gasteiger partial charge in [-0.05, 0) is 56.8 Å². The van der Waals surface area contributed by atoms with Gasteiger partial charge in [-0.2, -0.15) is 0 Å². The van der Waals surface area contributed by atoms with E-state index in [1.807, 2.05) is 0 Å². The van der Waals surface area contributed by atoms with E-state index >= 15 is 0 Å². The molecule has 2 saturated heterocycles. The van der Waals surface area contributed by atoms with Gasteiger partial charge < -0.3 is 67.4 Å². The molecule has 52 heavy (non-hydrogen) atoms. The smallest absolute Gasteiger partial charge is 0.328 e. The minimum Gasteiger partial charge on any atom is -0.508 e. The third kappa shape index (κ3) is 11.3. The highest BCUT2D eigenvalue weighted by atomic mass is 16.4. The van der Waals surface area contributed by atoms with Crippen LogP contribution < -0.4 is 31.9 Å². The Labute approximate surface area is 298 Å². The van der Waals surface area contributed by atoms with Crippen molar-refractivity contribution in [2.75, 3.05) is 32.9 Å². The number of hydrogen-bond donors (Lipinski definition) is 12. The molecule has 3 rings (SSSR count). The number of benzene rings is 1. The molecule has 288 valence electrons. The molecule has 20 heteroatoms. The molecule has 2 fully saturated rings. The fourth-order valence-corrected chi connectivity index (χ4v) is 5.79. The first-order valence-corrected chi connectivity index (χ1v) is 16.8. The zero-order valence-corrected chi connectivity index (χ0v) is 28.5. The number of aliphatic hydroxyl groups is 4. The average Bonchev–Trinajstić information content (AvgIpc) is 3.84. The number of carbonyl (C=O) groups excluding carboxylic acids is 6. The molecular weight excluding hydrogens is 690 g/mol. The predicted molar refractivity (Wildman–Crippen MR) is 178 cm³/mol. The van der Waals surface area contributed by atoms with Crippen LogP contribution in [0.2, 0.25) is 0 Å². The van der Waals surface area contributed by atoms with Crippen LogP contribution in [0.4, 0.5) is 0 Å². The van der Waals surface area contributed by atoms with E-state index in [0.29, 0.717) is 24.9 Å². The Morgan fingerprint density at radius 2 is 1.37 bits per heavy atom. The highest BCUT2D eigenvalue weighted by molar-refractivity contribution is 5.97. The van der Waals surface area contributed by atoms with E-state index in [9.17, 15) is 64.2 Å². The normalized spacial score (nSPS) is 20.4. The zero-order chi connectivity index (χ0) is 38.5. The van der Waals surface area contributed by atoms with Crippen molar-refractivity contribution in [1.82, 2.24) is 36.8 Å². The molecule has 0 spiro atoms. The van der Waals surface area contributed by atoms with Crippen LogP contribution in [0.3, 0.4) is 0 Å². The molecule has 1 aromatic rings. The summed E-state index contributed by atoms with van der Waals surface area (Å²) in [5.74, 6) is -6.92. The summed E-state index contributed by atoms with van der Waals surface area (Å²) in [6.45, 7) is -0.917. The maximum atomic E-state index is 13.5. The number of nitrogens with one attached hydrogen (secondary N) is 6. The molecule has 0 radical (unpaired) electrons. The third-order valence-corrected chi connectivity index (χ3v) is 8.70. The van der Waals surface area contributed by atoms with Gasteiger partial charge >= 0.3 is 5.97 Å². The maximum Gasteiger partial charge on any atom is 0.328 e. The molecule has 0 aliphatic carbocycles. The number of phenols is 1. The summed E-state index contributed by atoms with van der Waals surface area (Å²) in [7, 11) is 0. The maximum absolute atomic E-state index is 13.5. The van der Waals surface area contributed by atoms with Crippen molar-refractivity contribution < 1.29 is 64.2 Å². The quantitative estimate of drug-likeness (QED) is 0.0669. The molecule has 1 aromatic carbocycles. The van der Waals surface area contributed by atoms with Crippen molar-refractivity contribution in [1.29, 1.82) is 0 Å². The first-order valence-electron chi connectivity index (χ1n) is 16.8. The SMILES string of the molecule is C[C@@H](O)[C@H](NC(=O)[C@@H]1CCCN1)C(=O)N[C@@H](CO)C(=O)N1CCC[C@H]1C(=O)N[C@@H](CO)C(=O)N[C@@H](Cc1ccc(O)cc1)C(=O)N[C@@H](CO)C(=O)O. The monoisotopic (exact) mass is 737 g/mol. The fraction of sp³-hybridized carbons (Fsp3) is 0.594. The number of carboxylic acids is 1. The van der Waals surface area contributed by atoms with Gasteiger partial charge in [0.1, 0.15) is 42.0 Å². The molecule has 6 amide bonds. The van der Waals surface area contributed by atoms with Crippen LogP contribution in [0, 0.1) is 0 Å². The summed E-state index contributed by atoms with van der Waals surface area (Å²) in [6.07, 6.45) is 0.107. The van der Waals surface area contributed by atoms with Crippen LogP contribution in [-0.2, 0) is 40.0 Å². The lowest BCUT2D eigenvalue weighted by atomic mass is 10.0. The number of carboxylic acid groups (broad SMARTS) is 1. The molecule has 2 heterocycles. The standard InChI is InChI=1S/C32H47N7O13/c1-16(43)25(38-26(45)19-4-2-10-33-19)30(49)36-22(14-41)31(50)39-11-3-5-24(39)29(48)35-21(13-40)28(47)34-20(12-17-6-8-18(44)9-7-17)27(46)37-23(15-42)32(51)52/h6-9,16,19-25,33,40-44H,2-5,10-15H2,1H3,(H,34,47)(H,35,48)(H,36,49)(H,37,46)(H,38,45)(H,51,52)/t16-,19+,20+,21+,22+,23+,24+,25+/m1/s1. The largest absolute Gasteiger partial charge is 0.508 e. The minimum atomic E-state index is -1.70. The lowest BCUT2D eigenvalue weighted by Crippen LogP contribution is -2.61. The molecule has 0 unspecified atom stereocenters. The van der Waals surface area contributed by atoms with Crippen molar-refractivity contribution in [2.24, 2.45) is 0 Å². The topological polar surface area (TPSA) is 316 Å². The van der Waals surface area contributed by atoms with Gasteiger partial charge in [-0.1, -0.05) is 12.1 Å². The number of nitrogens with zero attached hydrogens (tertiary/aromatic N) is 1. The predicted octanol–water partition coefficient (Wildman–Crippen LogP) is -5.46. The Morgan fingerprint density at radius 3 is 1.92 bits per heavy atom. The highest BCUT2D eigenvalue weighted by Crippen LogP contribution is 2.19. The summed E-state index contributed by atoms with van der Waals surface area (Å²) in [5, 5.41) is 72.9. The Kier molecular flexibility index (Phi) is 15.7. The first kappa shape index (κ1) is 41.5. The van der Waals surface area contributed by atoms with Gasteiger partial charge in [-0.15, -0.1) is 0 Å². The number of carbonyl (C=O) groups is 7. The van der Waals surface area contributed by atoms with Gasteiger partial charge in [0.05, 0.1) is 32.0 Å². The zero-order valence-electron chi connectivity index (χ0n) is 28.5. The number of likely N-dealkylation sites (tertiary alicyclic amines) is 1. The second-order valence-electron chi connectivity index (χ2n) is 12.6. The van der Waals surface area contributed by atoms with Gasteiger partial charge in [0, 0.05) is 13.0 Å². The lowest BCUT2D eigenvalue weighted by Gasteiger charge is -2.30. The molecule has 20 nitrogen and oxygen atoms in total. The molecule has 8 atom stereocenters. The van der Waals surface area contributed by atoms with Crippen LogP contribution in [-0.4, -0.2) is 158 Å². The molecular formula is C32H47N7O13. The summed E-state index contributed by atoms with van der Waals surface area (Å²) in [5.41, 5.74) is 0.428. The van der Waals surface area contributed by atoms with Crippen molar-refractivity contribution >= 4 is 41.4 Å². The second-order valence-corrected chi connectivity index (χ2v) is 12.6. The van der Waals surface area contributed by atoms with E-state index in [2.05, 4.69) is 31.9 Å². The van der Waals surface area contributed by atoms with Crippen molar-refractivity contribution in [3.05, 3.63) is 29.8 Å². The van der Waals surface area contributed by atoms with Crippen LogP contribution in [0.15, 0.2) is 24.3 Å². The van der Waals surface area contributed by atoms with E-state index in [-0.39, 0.29) is 25.1 Å². The summed E-state index contributed by atoms with van der Waals surface area (Å²) in [6, 6.07) is -4.13. The molecule has 2 aliphatic heterocycles. The summed E-state index contributed by atoms with van der Waals surface area (Å²) >= 11 is 0. The number of rotatable bonds is 18. The Balaban J connectivity index is 1.68. The van der Waals surface area contributed by atoms with E-state index in [1.54, 1.807) is 0 Å². The minimum absolute atomic E-state index is 0.0215. The number of aromatic hydroxyl groups is 1. The molecule has 0 aromatic heterocycles. The van der Waals surface area contributed by atoms with E-state index in [0.717, 1.165) is 11.3 Å². The summed E-state index contributed by atoms with van der Waals surface area (Å²) < 4.78 is 0. The number of aliphatic hydroxyl groups excluding tert-OH is 4. The van der Waals surface area contributed by atoms with Gasteiger partial charge in [0.2, 0.25) is 35.4 Å². The van der Waals surface area contributed by atoms with Crippen molar-refractivity contribution in [3.63, 3.8) is 0 Å². The second kappa shape index (κ2) is 19.6. The van der Waals surface area contributed by atoms with Crippen LogP contribution >= 0.6 is 0 Å². The Hall–Kier alpha value is -4.89. The van der Waals surface area contributed by atoms with Gasteiger partial charge in [0.15, 0.2) is 0 Å². The van der Waals surface area contributed by atoms with E-state index < -0.39 is 110 Å².